The zero-order valence-electron chi connectivity index (χ0n) is 12.3. The second kappa shape index (κ2) is 8.29. The molecular weight excluding hydrogens is 359 g/mol. The van der Waals surface area contributed by atoms with Crippen LogP contribution in [0.3, 0.4) is 0 Å². The van der Waals surface area contributed by atoms with Gasteiger partial charge in [0.1, 0.15) is 5.75 Å². The van der Waals surface area contributed by atoms with Crippen LogP contribution in [0.25, 0.3) is 0 Å². The lowest BCUT2D eigenvalue weighted by Crippen LogP contribution is -2.16. The molecule has 23 heavy (non-hydrogen) atoms. The Bertz CT molecular complexity index is 708. The summed E-state index contributed by atoms with van der Waals surface area (Å²) in [5, 5.41) is 7.38. The molecule has 2 N–H and O–H groups in total. The Kier molecular flexibility index (Phi) is 6.39. The Morgan fingerprint density at radius 1 is 1.09 bits per heavy atom. The standard InChI is InChI=1S/C16H15Cl3N2O2/c1-23-15-5-3-11(9-13(15)19)21-16(22)6-7-20-14-4-2-10(17)8-12(14)18/h2-5,8-9,20H,6-7H2,1H3,(H,21,22). The van der Waals surface area contributed by atoms with E-state index in [9.17, 15) is 4.79 Å². The zero-order valence-corrected chi connectivity index (χ0v) is 14.6. The average molecular weight is 374 g/mol. The van der Waals surface area contributed by atoms with Gasteiger partial charge in [-0.25, -0.2) is 0 Å². The number of amides is 1. The number of anilines is 2. The van der Waals surface area contributed by atoms with Crippen LogP contribution in [-0.4, -0.2) is 19.6 Å². The second-order valence-corrected chi connectivity index (χ2v) is 5.95. The van der Waals surface area contributed by atoms with Gasteiger partial charge in [-0.05, 0) is 36.4 Å². The average Bonchev–Trinajstić information content (AvgIpc) is 2.49. The van der Waals surface area contributed by atoms with Crippen molar-refractivity contribution in [1.82, 2.24) is 0 Å². The van der Waals surface area contributed by atoms with Crippen molar-refractivity contribution >= 4 is 52.1 Å². The van der Waals surface area contributed by atoms with E-state index in [1.165, 1.54) is 7.11 Å². The molecule has 4 nitrogen and oxygen atoms in total. The van der Waals surface area contributed by atoms with Gasteiger partial charge in [-0.2, -0.15) is 0 Å². The fraction of sp³-hybridized carbons (Fsp3) is 0.188. The van der Waals surface area contributed by atoms with Crippen molar-refractivity contribution in [3.05, 3.63) is 51.5 Å². The fourth-order valence-electron chi connectivity index (χ4n) is 1.91. The summed E-state index contributed by atoms with van der Waals surface area (Å²) in [5.41, 5.74) is 1.35. The van der Waals surface area contributed by atoms with Crippen LogP contribution in [0.4, 0.5) is 11.4 Å². The summed E-state index contributed by atoms with van der Waals surface area (Å²) >= 11 is 17.9. The molecule has 0 aromatic heterocycles. The number of nitrogens with one attached hydrogen (secondary N) is 2. The summed E-state index contributed by atoms with van der Waals surface area (Å²) in [6.07, 6.45) is 0.280. The van der Waals surface area contributed by atoms with Crippen molar-refractivity contribution in [3.63, 3.8) is 0 Å². The van der Waals surface area contributed by atoms with Crippen LogP contribution in [-0.2, 0) is 4.79 Å². The quantitative estimate of drug-likeness (QED) is 0.741. The van der Waals surface area contributed by atoms with E-state index >= 15 is 0 Å². The Balaban J connectivity index is 1.84. The van der Waals surface area contributed by atoms with E-state index in [2.05, 4.69) is 10.6 Å². The van der Waals surface area contributed by atoms with Gasteiger partial charge >= 0.3 is 0 Å². The third-order valence-corrected chi connectivity index (χ3v) is 3.88. The van der Waals surface area contributed by atoms with Crippen molar-refractivity contribution in [2.45, 2.75) is 6.42 Å². The summed E-state index contributed by atoms with van der Waals surface area (Å²) in [6, 6.07) is 10.2. The molecule has 0 heterocycles. The lowest BCUT2D eigenvalue weighted by Gasteiger charge is -2.10. The molecule has 122 valence electrons. The maximum atomic E-state index is 11.9. The highest BCUT2D eigenvalue weighted by Gasteiger charge is 2.06. The Morgan fingerprint density at radius 2 is 1.87 bits per heavy atom. The molecule has 7 heteroatoms. The van der Waals surface area contributed by atoms with Gasteiger partial charge in [-0.1, -0.05) is 34.8 Å². The van der Waals surface area contributed by atoms with E-state index in [4.69, 9.17) is 39.5 Å². The highest BCUT2D eigenvalue weighted by molar-refractivity contribution is 6.36. The molecule has 2 aromatic carbocycles. The van der Waals surface area contributed by atoms with Gasteiger partial charge in [0.15, 0.2) is 0 Å². The predicted octanol–water partition coefficient (Wildman–Crippen LogP) is 5.10. The normalized spacial score (nSPS) is 10.3. The highest BCUT2D eigenvalue weighted by atomic mass is 35.5. The van der Waals surface area contributed by atoms with Gasteiger partial charge in [0.05, 0.1) is 22.8 Å². The number of carbonyl (C=O) groups is 1. The molecule has 0 atom stereocenters. The smallest absolute Gasteiger partial charge is 0.226 e. The first-order chi connectivity index (χ1) is 11.0. The lowest BCUT2D eigenvalue weighted by atomic mass is 10.2. The molecule has 0 saturated heterocycles. The van der Waals surface area contributed by atoms with Crippen molar-refractivity contribution in [1.29, 1.82) is 0 Å². The Morgan fingerprint density at radius 3 is 2.52 bits per heavy atom. The van der Waals surface area contributed by atoms with Crippen molar-refractivity contribution < 1.29 is 9.53 Å². The summed E-state index contributed by atoms with van der Waals surface area (Å²) in [7, 11) is 1.53. The molecule has 2 aromatic rings. The van der Waals surface area contributed by atoms with E-state index in [-0.39, 0.29) is 12.3 Å². The van der Waals surface area contributed by atoms with Gasteiger partial charge in [0.25, 0.3) is 0 Å². The molecule has 0 unspecified atom stereocenters. The SMILES string of the molecule is COc1ccc(NC(=O)CCNc2ccc(Cl)cc2Cl)cc1Cl. The first-order valence-corrected chi connectivity index (χ1v) is 7.95. The molecule has 2 rings (SSSR count). The number of halogens is 3. The van der Waals surface area contributed by atoms with Gasteiger partial charge in [-0.15, -0.1) is 0 Å². The molecule has 0 bridgehead atoms. The lowest BCUT2D eigenvalue weighted by molar-refractivity contribution is -0.115. The zero-order chi connectivity index (χ0) is 16.8. The van der Waals surface area contributed by atoms with Crippen LogP contribution in [0.5, 0.6) is 5.75 Å². The van der Waals surface area contributed by atoms with E-state index in [0.29, 0.717) is 33.0 Å². The van der Waals surface area contributed by atoms with Crippen molar-refractivity contribution in [3.8, 4) is 5.75 Å². The summed E-state index contributed by atoms with van der Waals surface area (Å²) in [6.45, 7) is 0.442. The van der Waals surface area contributed by atoms with E-state index < -0.39 is 0 Å². The van der Waals surface area contributed by atoms with E-state index in [1.807, 2.05) is 0 Å². The monoisotopic (exact) mass is 372 g/mol. The minimum Gasteiger partial charge on any atom is -0.495 e. The van der Waals surface area contributed by atoms with Crippen LogP contribution in [0, 0.1) is 0 Å². The van der Waals surface area contributed by atoms with Gasteiger partial charge in [0.2, 0.25) is 5.91 Å². The minimum absolute atomic E-state index is 0.135. The first-order valence-electron chi connectivity index (χ1n) is 6.82. The van der Waals surface area contributed by atoms with Crippen LogP contribution in [0.2, 0.25) is 15.1 Å². The van der Waals surface area contributed by atoms with E-state index in [0.717, 1.165) is 5.69 Å². The Hall–Kier alpha value is -1.62. The van der Waals surface area contributed by atoms with Crippen LogP contribution in [0.15, 0.2) is 36.4 Å². The summed E-state index contributed by atoms with van der Waals surface area (Å²) in [5.74, 6) is 0.424. The fourth-order valence-corrected chi connectivity index (χ4v) is 2.64. The first kappa shape index (κ1) is 17.7. The number of hydrogen-bond donors (Lipinski definition) is 2. The number of rotatable bonds is 6. The number of hydrogen-bond acceptors (Lipinski definition) is 3. The summed E-state index contributed by atoms with van der Waals surface area (Å²) in [4.78, 5) is 11.9. The molecule has 0 spiro atoms. The number of ether oxygens (including phenoxy) is 1. The molecule has 0 radical (unpaired) electrons. The maximum Gasteiger partial charge on any atom is 0.226 e. The number of benzene rings is 2. The third-order valence-electron chi connectivity index (χ3n) is 3.03. The van der Waals surface area contributed by atoms with E-state index in [1.54, 1.807) is 36.4 Å². The molecule has 0 aliphatic heterocycles. The van der Waals surface area contributed by atoms with Gasteiger partial charge in [-0.3, -0.25) is 4.79 Å². The van der Waals surface area contributed by atoms with Gasteiger partial charge in [0, 0.05) is 23.7 Å². The number of methoxy groups -OCH3 is 1. The maximum absolute atomic E-state index is 11.9. The predicted molar refractivity (Wildman–Crippen MR) is 96.2 cm³/mol. The molecule has 0 saturated carbocycles. The topological polar surface area (TPSA) is 50.4 Å². The minimum atomic E-state index is -0.135. The third kappa shape index (κ3) is 5.20. The van der Waals surface area contributed by atoms with Gasteiger partial charge < -0.3 is 15.4 Å². The molecule has 1 amide bonds. The molecule has 0 fully saturated rings. The van der Waals surface area contributed by atoms with Crippen molar-refractivity contribution in [2.75, 3.05) is 24.3 Å². The van der Waals surface area contributed by atoms with Crippen LogP contribution < -0.4 is 15.4 Å². The molecule has 0 aliphatic rings. The molecular formula is C16H15Cl3N2O2. The number of carbonyl (C=O) groups excluding carboxylic acids is 1. The van der Waals surface area contributed by atoms with Crippen LogP contribution in [0.1, 0.15) is 6.42 Å². The summed E-state index contributed by atoms with van der Waals surface area (Å²) < 4.78 is 5.06. The largest absolute Gasteiger partial charge is 0.495 e. The Labute approximate surface area is 149 Å². The second-order valence-electron chi connectivity index (χ2n) is 4.70. The van der Waals surface area contributed by atoms with Crippen LogP contribution >= 0.6 is 34.8 Å². The van der Waals surface area contributed by atoms with Crippen molar-refractivity contribution in [2.24, 2.45) is 0 Å². The highest BCUT2D eigenvalue weighted by Crippen LogP contribution is 2.27. The molecule has 0 aliphatic carbocycles.